The second kappa shape index (κ2) is 10.8. The number of amides is 1. The third-order valence-corrected chi connectivity index (χ3v) is 8.31. The number of carbonyl (C=O) groups excluding carboxylic acids is 2. The Hall–Kier alpha value is -2.90. The number of phenolic OH excluding ortho intramolecular Hbond substituents is 1. The first-order valence-corrected chi connectivity index (χ1v) is 13.6. The Balaban J connectivity index is 1.46. The molecule has 1 N–H and O–H groups in total. The summed E-state index contributed by atoms with van der Waals surface area (Å²) in [7, 11) is 1.37. The predicted molar refractivity (Wildman–Crippen MR) is 142 cm³/mol. The molecular formula is C30H39N3O4. The number of esters is 1. The van der Waals surface area contributed by atoms with Crippen LogP contribution in [0, 0.1) is 5.92 Å². The number of carbonyl (C=O) groups is 2. The van der Waals surface area contributed by atoms with Gasteiger partial charge in [-0.3, -0.25) is 14.6 Å². The molecule has 2 aromatic rings. The molecule has 3 aliphatic rings. The molecule has 1 amide bonds. The Bertz CT molecular complexity index is 1130. The van der Waals surface area contributed by atoms with Crippen molar-refractivity contribution in [2.24, 2.45) is 5.92 Å². The predicted octanol–water partition coefficient (Wildman–Crippen LogP) is 4.06. The summed E-state index contributed by atoms with van der Waals surface area (Å²) in [4.78, 5) is 32.6. The standard InChI is InChI=1S/C30H39N3O4/c1-20-18-33(21(2)17-31(20)19-22-12-13-22)28(24-8-5-10-26(34)16-24)23-7-4-9-25(15-23)29(35)32-14-6-11-27(32)30(36)37-3/h4-5,7-10,15-16,20-22,27-28,34H,6,11-14,17-19H2,1-3H3/t20-,21+,27+,28-/m1/s1. The van der Waals surface area contributed by atoms with Crippen molar-refractivity contribution in [1.29, 1.82) is 0 Å². The van der Waals surface area contributed by atoms with Crippen LogP contribution in [0.2, 0.25) is 0 Å². The van der Waals surface area contributed by atoms with Gasteiger partial charge in [0.15, 0.2) is 0 Å². The Morgan fingerprint density at radius 3 is 2.43 bits per heavy atom. The van der Waals surface area contributed by atoms with E-state index in [9.17, 15) is 14.7 Å². The quantitative estimate of drug-likeness (QED) is 0.572. The van der Waals surface area contributed by atoms with Gasteiger partial charge in [0.25, 0.3) is 5.91 Å². The SMILES string of the molecule is COC(=O)[C@@H]1CCCN1C(=O)c1cccc([C@H](c2cccc(O)c2)N2C[C@@H](C)N(CC3CC3)C[C@@H]2C)c1. The van der Waals surface area contributed by atoms with Crippen molar-refractivity contribution < 1.29 is 19.4 Å². The summed E-state index contributed by atoms with van der Waals surface area (Å²) < 4.78 is 4.95. The Morgan fingerprint density at radius 1 is 1.00 bits per heavy atom. The van der Waals surface area contributed by atoms with Crippen LogP contribution in [0.25, 0.3) is 0 Å². The lowest BCUT2D eigenvalue weighted by Crippen LogP contribution is -2.57. The zero-order valence-electron chi connectivity index (χ0n) is 22.2. The maximum atomic E-state index is 13.5. The van der Waals surface area contributed by atoms with Gasteiger partial charge in [-0.15, -0.1) is 0 Å². The van der Waals surface area contributed by atoms with Gasteiger partial charge in [-0.05, 0) is 80.8 Å². The van der Waals surface area contributed by atoms with Gasteiger partial charge in [0.1, 0.15) is 11.8 Å². The zero-order valence-corrected chi connectivity index (χ0v) is 22.2. The highest BCUT2D eigenvalue weighted by atomic mass is 16.5. The topological polar surface area (TPSA) is 73.3 Å². The lowest BCUT2D eigenvalue weighted by Gasteiger charge is -2.48. The molecule has 3 fully saturated rings. The van der Waals surface area contributed by atoms with Crippen molar-refractivity contribution in [2.75, 3.05) is 33.3 Å². The van der Waals surface area contributed by atoms with Gasteiger partial charge in [0.05, 0.1) is 13.2 Å². The molecule has 4 atom stereocenters. The van der Waals surface area contributed by atoms with Gasteiger partial charge in [-0.25, -0.2) is 4.79 Å². The molecule has 7 nitrogen and oxygen atoms in total. The Morgan fingerprint density at radius 2 is 1.73 bits per heavy atom. The lowest BCUT2D eigenvalue weighted by molar-refractivity contribution is -0.145. The zero-order chi connectivity index (χ0) is 26.1. The number of piperazine rings is 1. The van der Waals surface area contributed by atoms with Gasteiger partial charge in [0.2, 0.25) is 0 Å². The van der Waals surface area contributed by atoms with Crippen LogP contribution in [0.4, 0.5) is 0 Å². The maximum Gasteiger partial charge on any atom is 0.328 e. The summed E-state index contributed by atoms with van der Waals surface area (Å²) in [5.41, 5.74) is 2.60. The molecule has 1 saturated carbocycles. The molecular weight excluding hydrogens is 466 g/mol. The molecule has 1 aliphatic carbocycles. The van der Waals surface area contributed by atoms with Gasteiger partial charge >= 0.3 is 5.97 Å². The number of hydrogen-bond acceptors (Lipinski definition) is 6. The van der Waals surface area contributed by atoms with E-state index in [-0.39, 0.29) is 23.7 Å². The van der Waals surface area contributed by atoms with E-state index in [1.165, 1.54) is 26.5 Å². The van der Waals surface area contributed by atoms with Gasteiger partial charge in [-0.1, -0.05) is 24.3 Å². The fourth-order valence-corrected chi connectivity index (χ4v) is 6.14. The summed E-state index contributed by atoms with van der Waals surface area (Å²) in [6, 6.07) is 15.4. The number of hydrogen-bond donors (Lipinski definition) is 1. The number of methoxy groups -OCH3 is 1. The van der Waals surface area contributed by atoms with E-state index in [2.05, 4.69) is 35.8 Å². The van der Waals surface area contributed by atoms with Crippen LogP contribution < -0.4 is 0 Å². The minimum Gasteiger partial charge on any atom is -0.508 e. The summed E-state index contributed by atoms with van der Waals surface area (Å²) >= 11 is 0. The second-order valence-corrected chi connectivity index (χ2v) is 11.1. The first-order chi connectivity index (χ1) is 17.9. The minimum absolute atomic E-state index is 0.102. The molecule has 2 aliphatic heterocycles. The largest absolute Gasteiger partial charge is 0.508 e. The third-order valence-electron chi connectivity index (χ3n) is 8.31. The summed E-state index contributed by atoms with van der Waals surface area (Å²) in [5.74, 6) is 0.595. The van der Waals surface area contributed by atoms with Crippen LogP contribution in [-0.2, 0) is 9.53 Å². The summed E-state index contributed by atoms with van der Waals surface area (Å²) in [5, 5.41) is 10.3. The van der Waals surface area contributed by atoms with Crippen molar-refractivity contribution in [3.8, 4) is 5.75 Å². The molecule has 2 saturated heterocycles. The second-order valence-electron chi connectivity index (χ2n) is 11.1. The highest BCUT2D eigenvalue weighted by molar-refractivity contribution is 5.97. The normalized spacial score (nSPS) is 25.7. The number of aromatic hydroxyl groups is 1. The number of ether oxygens (including phenoxy) is 1. The molecule has 5 rings (SSSR count). The molecule has 0 spiro atoms. The highest BCUT2D eigenvalue weighted by Gasteiger charge is 2.38. The van der Waals surface area contributed by atoms with Crippen LogP contribution in [0.3, 0.4) is 0 Å². The number of rotatable bonds is 7. The smallest absolute Gasteiger partial charge is 0.328 e. The van der Waals surface area contributed by atoms with Crippen molar-refractivity contribution in [1.82, 2.24) is 14.7 Å². The molecule has 0 bridgehead atoms. The third kappa shape index (κ3) is 5.53. The molecule has 2 heterocycles. The van der Waals surface area contributed by atoms with E-state index in [1.807, 2.05) is 30.3 Å². The van der Waals surface area contributed by atoms with E-state index in [0.717, 1.165) is 36.6 Å². The molecule has 37 heavy (non-hydrogen) atoms. The van der Waals surface area contributed by atoms with Crippen molar-refractivity contribution in [3.63, 3.8) is 0 Å². The van der Waals surface area contributed by atoms with E-state index in [1.54, 1.807) is 11.0 Å². The Kier molecular flexibility index (Phi) is 7.54. The first kappa shape index (κ1) is 25.7. The Labute approximate surface area is 220 Å². The average molecular weight is 506 g/mol. The van der Waals surface area contributed by atoms with E-state index in [4.69, 9.17) is 4.74 Å². The van der Waals surface area contributed by atoms with Gasteiger partial charge < -0.3 is 14.7 Å². The molecule has 0 aromatic heterocycles. The molecule has 0 radical (unpaired) electrons. The first-order valence-electron chi connectivity index (χ1n) is 13.6. The van der Waals surface area contributed by atoms with E-state index < -0.39 is 6.04 Å². The number of phenols is 1. The molecule has 2 aromatic carbocycles. The molecule has 198 valence electrons. The van der Waals surface area contributed by atoms with E-state index in [0.29, 0.717) is 30.6 Å². The van der Waals surface area contributed by atoms with Crippen LogP contribution in [0.1, 0.15) is 67.1 Å². The lowest BCUT2D eigenvalue weighted by atomic mass is 9.92. The molecule has 7 heteroatoms. The number of likely N-dealkylation sites (tertiary alicyclic amines) is 1. The van der Waals surface area contributed by atoms with Crippen LogP contribution in [0.15, 0.2) is 48.5 Å². The van der Waals surface area contributed by atoms with Crippen molar-refractivity contribution in [2.45, 2.75) is 63.7 Å². The molecule has 0 unspecified atom stereocenters. The van der Waals surface area contributed by atoms with Crippen LogP contribution in [-0.4, -0.2) is 83.1 Å². The summed E-state index contributed by atoms with van der Waals surface area (Å²) in [6.45, 7) is 8.22. The average Bonchev–Trinajstić information content (AvgIpc) is 3.58. The van der Waals surface area contributed by atoms with Gasteiger partial charge in [-0.2, -0.15) is 0 Å². The fourth-order valence-electron chi connectivity index (χ4n) is 6.14. The number of benzene rings is 2. The van der Waals surface area contributed by atoms with Crippen molar-refractivity contribution >= 4 is 11.9 Å². The minimum atomic E-state index is -0.525. The summed E-state index contributed by atoms with van der Waals surface area (Å²) in [6.07, 6.45) is 4.12. The fraction of sp³-hybridized carbons (Fsp3) is 0.533. The van der Waals surface area contributed by atoms with Gasteiger partial charge in [0, 0.05) is 43.8 Å². The maximum absolute atomic E-state index is 13.5. The monoisotopic (exact) mass is 505 g/mol. The number of nitrogens with zero attached hydrogens (tertiary/aromatic N) is 3. The van der Waals surface area contributed by atoms with Crippen molar-refractivity contribution in [3.05, 3.63) is 65.2 Å². The van der Waals surface area contributed by atoms with Crippen LogP contribution in [0.5, 0.6) is 5.75 Å². The highest BCUT2D eigenvalue weighted by Crippen LogP contribution is 2.37. The van der Waals surface area contributed by atoms with E-state index >= 15 is 0 Å². The van der Waals surface area contributed by atoms with Crippen LogP contribution >= 0.6 is 0 Å².